The van der Waals surface area contributed by atoms with Gasteiger partial charge in [-0.2, -0.15) is 4.31 Å². The van der Waals surface area contributed by atoms with Crippen LogP contribution in [-0.4, -0.2) is 40.5 Å². The number of aromatic nitrogens is 2. The van der Waals surface area contributed by atoms with Gasteiger partial charge in [-0.1, -0.05) is 0 Å². The molecule has 16 heavy (non-hydrogen) atoms. The molecule has 1 atom stereocenters. The van der Waals surface area contributed by atoms with Gasteiger partial charge in [0.05, 0.1) is 11.8 Å². The Hall–Kier alpha value is -0.590. The Morgan fingerprint density at radius 1 is 1.62 bits per heavy atom. The maximum atomic E-state index is 11.9. The number of alkyl halides is 1. The Labute approximate surface area is 101 Å². The largest absolute Gasteiger partial charge is 0.337 e. The SMILES string of the molecule is CC(CCl)S(=O)(=O)N(C)Cc1nccn1C. The monoisotopic (exact) mass is 265 g/mol. The van der Waals surface area contributed by atoms with Gasteiger partial charge in [0.25, 0.3) is 0 Å². The first kappa shape index (κ1) is 13.5. The fraction of sp³-hybridized carbons (Fsp3) is 0.667. The second-order valence-electron chi connectivity index (χ2n) is 3.72. The summed E-state index contributed by atoms with van der Waals surface area (Å²) < 4.78 is 26.9. The lowest BCUT2D eigenvalue weighted by Crippen LogP contribution is -2.35. The molecular formula is C9H16ClN3O2S. The lowest BCUT2D eigenvalue weighted by Gasteiger charge is -2.20. The second kappa shape index (κ2) is 5.16. The molecule has 92 valence electrons. The minimum Gasteiger partial charge on any atom is -0.337 e. The average Bonchev–Trinajstić information content (AvgIpc) is 2.63. The number of nitrogens with zero attached hydrogens (tertiary/aromatic N) is 3. The zero-order valence-electron chi connectivity index (χ0n) is 9.59. The van der Waals surface area contributed by atoms with E-state index >= 15 is 0 Å². The van der Waals surface area contributed by atoms with Crippen LogP contribution in [0.1, 0.15) is 12.7 Å². The summed E-state index contributed by atoms with van der Waals surface area (Å²) in [5.41, 5.74) is 0. The standard InChI is InChI=1S/C9H16ClN3O2S/c1-8(6-10)16(14,15)13(3)7-9-11-4-5-12(9)2/h4-5,8H,6-7H2,1-3H3. The molecule has 0 amide bonds. The predicted octanol–water partition coefficient (Wildman–Crippen LogP) is 0.809. The van der Waals surface area contributed by atoms with Crippen molar-refractivity contribution in [1.29, 1.82) is 0 Å². The number of hydrogen-bond donors (Lipinski definition) is 0. The van der Waals surface area contributed by atoms with E-state index in [1.807, 2.05) is 7.05 Å². The maximum absolute atomic E-state index is 11.9. The highest BCUT2D eigenvalue weighted by Gasteiger charge is 2.25. The molecule has 1 aromatic heterocycles. The Balaban J connectivity index is 2.80. The van der Waals surface area contributed by atoms with Gasteiger partial charge in [-0.3, -0.25) is 0 Å². The quantitative estimate of drug-likeness (QED) is 0.741. The molecule has 0 aliphatic heterocycles. The third-order valence-corrected chi connectivity index (χ3v) is 5.27. The molecule has 5 nitrogen and oxygen atoms in total. The number of aryl methyl sites for hydroxylation is 1. The van der Waals surface area contributed by atoms with E-state index < -0.39 is 15.3 Å². The Kier molecular flexibility index (Phi) is 4.35. The van der Waals surface area contributed by atoms with E-state index in [4.69, 9.17) is 11.6 Å². The van der Waals surface area contributed by atoms with Crippen LogP contribution in [0.5, 0.6) is 0 Å². The van der Waals surface area contributed by atoms with Gasteiger partial charge in [0.15, 0.2) is 0 Å². The molecule has 0 fully saturated rings. The summed E-state index contributed by atoms with van der Waals surface area (Å²) in [7, 11) is 0.0281. The van der Waals surface area contributed by atoms with E-state index in [0.29, 0.717) is 5.82 Å². The van der Waals surface area contributed by atoms with Gasteiger partial charge >= 0.3 is 0 Å². The summed E-state index contributed by atoms with van der Waals surface area (Å²) in [5.74, 6) is 0.792. The van der Waals surface area contributed by atoms with Crippen LogP contribution in [0.3, 0.4) is 0 Å². The normalized spacial score (nSPS) is 14.3. The molecule has 0 saturated carbocycles. The van der Waals surface area contributed by atoms with Gasteiger partial charge in [-0.25, -0.2) is 13.4 Å². The van der Waals surface area contributed by atoms with Crippen molar-refractivity contribution in [3.63, 3.8) is 0 Å². The molecule has 7 heteroatoms. The summed E-state index contributed by atoms with van der Waals surface area (Å²) >= 11 is 5.57. The van der Waals surface area contributed by atoms with E-state index in [0.717, 1.165) is 0 Å². The van der Waals surface area contributed by atoms with Crippen LogP contribution in [0.25, 0.3) is 0 Å². The smallest absolute Gasteiger partial charge is 0.218 e. The highest BCUT2D eigenvalue weighted by molar-refractivity contribution is 7.89. The van der Waals surface area contributed by atoms with Gasteiger partial charge < -0.3 is 4.57 Å². The van der Waals surface area contributed by atoms with Crippen molar-refractivity contribution in [1.82, 2.24) is 13.9 Å². The first-order chi connectivity index (χ1) is 7.39. The van der Waals surface area contributed by atoms with Crippen LogP contribution in [0, 0.1) is 0 Å². The van der Waals surface area contributed by atoms with Crippen molar-refractivity contribution in [2.75, 3.05) is 12.9 Å². The molecule has 1 rings (SSSR count). The van der Waals surface area contributed by atoms with Gasteiger partial charge in [-0.05, 0) is 6.92 Å². The number of hydrogen-bond acceptors (Lipinski definition) is 3. The summed E-state index contributed by atoms with van der Waals surface area (Å²) in [6.45, 7) is 1.85. The minimum absolute atomic E-state index is 0.0905. The first-order valence-corrected chi connectivity index (χ1v) is 6.90. The number of halogens is 1. The van der Waals surface area contributed by atoms with Crippen molar-refractivity contribution < 1.29 is 8.42 Å². The van der Waals surface area contributed by atoms with Crippen molar-refractivity contribution >= 4 is 21.6 Å². The molecule has 0 spiro atoms. The fourth-order valence-corrected chi connectivity index (χ4v) is 2.77. The van der Waals surface area contributed by atoms with Crippen LogP contribution >= 0.6 is 11.6 Å². The van der Waals surface area contributed by atoms with Gasteiger partial charge in [0.2, 0.25) is 10.0 Å². The first-order valence-electron chi connectivity index (χ1n) is 4.87. The molecule has 0 bridgehead atoms. The van der Waals surface area contributed by atoms with Crippen LogP contribution < -0.4 is 0 Å². The van der Waals surface area contributed by atoms with Crippen molar-refractivity contribution in [3.8, 4) is 0 Å². The maximum Gasteiger partial charge on any atom is 0.218 e. The summed E-state index contributed by atoms with van der Waals surface area (Å²) in [6, 6.07) is 0. The fourth-order valence-electron chi connectivity index (χ4n) is 1.22. The molecule has 0 saturated heterocycles. The molecular weight excluding hydrogens is 250 g/mol. The highest BCUT2D eigenvalue weighted by Crippen LogP contribution is 2.11. The molecule has 1 heterocycles. The zero-order valence-corrected chi connectivity index (χ0v) is 11.2. The van der Waals surface area contributed by atoms with Crippen molar-refractivity contribution in [3.05, 3.63) is 18.2 Å². The van der Waals surface area contributed by atoms with Crippen LogP contribution in [0.2, 0.25) is 0 Å². The molecule has 1 aromatic rings. The van der Waals surface area contributed by atoms with Crippen molar-refractivity contribution in [2.24, 2.45) is 7.05 Å². The Bertz CT molecular complexity index is 443. The summed E-state index contributed by atoms with van der Waals surface area (Å²) in [5, 5.41) is -0.584. The topological polar surface area (TPSA) is 55.2 Å². The molecule has 0 aliphatic rings. The van der Waals surface area contributed by atoms with Gasteiger partial charge in [0.1, 0.15) is 5.82 Å². The molecule has 0 radical (unpaired) electrons. The number of sulfonamides is 1. The molecule has 0 N–H and O–H groups in total. The van der Waals surface area contributed by atoms with E-state index in [1.54, 1.807) is 23.9 Å². The minimum atomic E-state index is -3.33. The number of rotatable bonds is 5. The summed E-state index contributed by atoms with van der Waals surface area (Å²) in [6.07, 6.45) is 3.42. The predicted molar refractivity (Wildman–Crippen MR) is 63.8 cm³/mol. The second-order valence-corrected chi connectivity index (χ2v) is 6.49. The third-order valence-electron chi connectivity index (χ3n) is 2.45. The molecule has 0 aromatic carbocycles. The average molecular weight is 266 g/mol. The van der Waals surface area contributed by atoms with Crippen LogP contribution in [0.15, 0.2) is 12.4 Å². The third kappa shape index (κ3) is 2.75. The van der Waals surface area contributed by atoms with E-state index in [9.17, 15) is 8.42 Å². The lowest BCUT2D eigenvalue weighted by atomic mass is 10.6. The Morgan fingerprint density at radius 2 is 2.25 bits per heavy atom. The van der Waals surface area contributed by atoms with Crippen LogP contribution in [0.4, 0.5) is 0 Å². The van der Waals surface area contributed by atoms with Gasteiger partial charge in [0, 0.05) is 32.4 Å². The summed E-state index contributed by atoms with van der Waals surface area (Å²) in [4.78, 5) is 4.08. The molecule has 1 unspecified atom stereocenters. The van der Waals surface area contributed by atoms with E-state index in [2.05, 4.69) is 4.98 Å². The number of imidazole rings is 1. The lowest BCUT2D eigenvalue weighted by molar-refractivity contribution is 0.445. The van der Waals surface area contributed by atoms with Crippen LogP contribution in [-0.2, 0) is 23.6 Å². The Morgan fingerprint density at radius 3 is 2.69 bits per heavy atom. The highest BCUT2D eigenvalue weighted by atomic mass is 35.5. The zero-order chi connectivity index (χ0) is 12.3. The molecule has 0 aliphatic carbocycles. The van der Waals surface area contributed by atoms with Crippen molar-refractivity contribution in [2.45, 2.75) is 18.7 Å². The van der Waals surface area contributed by atoms with E-state index in [1.165, 1.54) is 11.4 Å². The van der Waals surface area contributed by atoms with E-state index in [-0.39, 0.29) is 12.4 Å². The van der Waals surface area contributed by atoms with Gasteiger partial charge in [-0.15, -0.1) is 11.6 Å².